The van der Waals surface area contributed by atoms with Crippen LogP contribution in [0.5, 0.6) is 0 Å². The Kier molecular flexibility index (Phi) is 3.90. The molecule has 0 saturated carbocycles. The lowest BCUT2D eigenvalue weighted by Gasteiger charge is -2.32. The van der Waals surface area contributed by atoms with Gasteiger partial charge >= 0.3 is 5.97 Å². The lowest BCUT2D eigenvalue weighted by atomic mass is 9.80. The highest BCUT2D eigenvalue weighted by atomic mass is 16.5. The van der Waals surface area contributed by atoms with E-state index in [1.807, 2.05) is 0 Å². The van der Waals surface area contributed by atoms with Crippen LogP contribution in [0.4, 0.5) is 0 Å². The minimum absolute atomic E-state index is 0.0880. The predicted molar refractivity (Wildman–Crippen MR) is 65.9 cm³/mol. The first-order chi connectivity index (χ1) is 9.05. The summed E-state index contributed by atoms with van der Waals surface area (Å²) >= 11 is 0. The second kappa shape index (κ2) is 5.44. The summed E-state index contributed by atoms with van der Waals surface area (Å²) in [5.74, 6) is -1.05. The fraction of sp³-hybridized carbons (Fsp3) is 0.538. The van der Waals surface area contributed by atoms with E-state index in [-0.39, 0.29) is 18.2 Å². The van der Waals surface area contributed by atoms with E-state index in [4.69, 9.17) is 9.15 Å². The van der Waals surface area contributed by atoms with Crippen molar-refractivity contribution in [1.29, 1.82) is 0 Å². The van der Waals surface area contributed by atoms with Gasteiger partial charge in [-0.15, -0.1) is 0 Å². The van der Waals surface area contributed by atoms with Crippen LogP contribution in [0.25, 0.3) is 0 Å². The molecular weight excluding hydrogens is 250 g/mol. The Labute approximate surface area is 110 Å². The molecule has 6 heteroatoms. The SMILES string of the molecule is Cc1ccoc1C(=O)NCC1(C(=O)O)CCOCC1. The largest absolute Gasteiger partial charge is 0.481 e. The zero-order valence-electron chi connectivity index (χ0n) is 10.8. The van der Waals surface area contributed by atoms with Gasteiger partial charge in [-0.2, -0.15) is 0 Å². The van der Waals surface area contributed by atoms with Gasteiger partial charge in [-0.1, -0.05) is 0 Å². The topological polar surface area (TPSA) is 88.8 Å². The molecule has 1 fully saturated rings. The maximum Gasteiger partial charge on any atom is 0.311 e. The molecule has 1 aromatic heterocycles. The predicted octanol–water partition coefficient (Wildman–Crippen LogP) is 1.20. The first kappa shape index (κ1) is 13.6. The average molecular weight is 267 g/mol. The molecule has 2 N–H and O–H groups in total. The molecule has 0 unspecified atom stereocenters. The van der Waals surface area contributed by atoms with Gasteiger partial charge in [0.15, 0.2) is 5.76 Å². The number of ether oxygens (including phenoxy) is 1. The van der Waals surface area contributed by atoms with Crippen molar-refractivity contribution in [2.75, 3.05) is 19.8 Å². The quantitative estimate of drug-likeness (QED) is 0.855. The Morgan fingerprint density at radius 1 is 1.42 bits per heavy atom. The summed E-state index contributed by atoms with van der Waals surface area (Å²) in [7, 11) is 0. The highest BCUT2D eigenvalue weighted by Crippen LogP contribution is 2.30. The number of amides is 1. The molecule has 1 amide bonds. The summed E-state index contributed by atoms with van der Waals surface area (Å²) in [6, 6.07) is 1.69. The fourth-order valence-electron chi connectivity index (χ4n) is 2.16. The minimum atomic E-state index is -0.936. The van der Waals surface area contributed by atoms with Gasteiger partial charge in [0.05, 0.1) is 11.7 Å². The van der Waals surface area contributed by atoms with Crippen molar-refractivity contribution in [3.05, 3.63) is 23.7 Å². The van der Waals surface area contributed by atoms with E-state index in [0.29, 0.717) is 26.1 Å². The Hall–Kier alpha value is -1.82. The third-order valence-corrected chi connectivity index (χ3v) is 3.56. The van der Waals surface area contributed by atoms with E-state index < -0.39 is 11.4 Å². The van der Waals surface area contributed by atoms with E-state index in [1.54, 1.807) is 13.0 Å². The van der Waals surface area contributed by atoms with Crippen molar-refractivity contribution < 1.29 is 23.8 Å². The number of aryl methyl sites for hydroxylation is 1. The molecule has 6 nitrogen and oxygen atoms in total. The Morgan fingerprint density at radius 3 is 2.63 bits per heavy atom. The second-order valence-corrected chi connectivity index (χ2v) is 4.81. The molecule has 0 bridgehead atoms. The zero-order valence-corrected chi connectivity index (χ0v) is 10.8. The van der Waals surface area contributed by atoms with Crippen LogP contribution >= 0.6 is 0 Å². The molecule has 19 heavy (non-hydrogen) atoms. The summed E-state index contributed by atoms with van der Waals surface area (Å²) < 4.78 is 10.3. The van der Waals surface area contributed by atoms with Gasteiger partial charge in [0.2, 0.25) is 0 Å². The van der Waals surface area contributed by atoms with E-state index in [9.17, 15) is 14.7 Å². The van der Waals surface area contributed by atoms with Crippen LogP contribution in [0.2, 0.25) is 0 Å². The maximum absolute atomic E-state index is 11.9. The van der Waals surface area contributed by atoms with Crippen LogP contribution in [0, 0.1) is 12.3 Å². The molecule has 1 aliphatic rings. The number of aliphatic carboxylic acids is 1. The molecule has 0 aliphatic carbocycles. The highest BCUT2D eigenvalue weighted by molar-refractivity contribution is 5.93. The number of carbonyl (C=O) groups is 2. The number of hydrogen-bond donors (Lipinski definition) is 2. The van der Waals surface area contributed by atoms with Gasteiger partial charge in [0.1, 0.15) is 0 Å². The number of nitrogens with one attached hydrogen (secondary N) is 1. The molecule has 104 valence electrons. The van der Waals surface area contributed by atoms with Crippen molar-refractivity contribution in [1.82, 2.24) is 5.32 Å². The van der Waals surface area contributed by atoms with Gasteiger partial charge in [-0.25, -0.2) is 0 Å². The second-order valence-electron chi connectivity index (χ2n) is 4.81. The number of carboxylic acid groups (broad SMARTS) is 1. The monoisotopic (exact) mass is 267 g/mol. The van der Waals surface area contributed by atoms with Crippen LogP contribution in [0.3, 0.4) is 0 Å². The van der Waals surface area contributed by atoms with Crippen LogP contribution in [0.1, 0.15) is 29.0 Å². The van der Waals surface area contributed by atoms with Crippen LogP contribution in [-0.2, 0) is 9.53 Å². The van der Waals surface area contributed by atoms with Crippen LogP contribution in [0.15, 0.2) is 16.7 Å². The molecule has 1 aliphatic heterocycles. The number of carbonyl (C=O) groups excluding carboxylic acids is 1. The average Bonchev–Trinajstić information content (AvgIpc) is 2.83. The number of carboxylic acids is 1. The molecular formula is C13H17NO5. The third-order valence-electron chi connectivity index (χ3n) is 3.56. The van der Waals surface area contributed by atoms with Crippen LogP contribution in [-0.4, -0.2) is 36.7 Å². The third kappa shape index (κ3) is 2.78. The van der Waals surface area contributed by atoms with Crippen molar-refractivity contribution in [2.45, 2.75) is 19.8 Å². The Bertz CT molecular complexity index is 473. The van der Waals surface area contributed by atoms with Crippen molar-refractivity contribution >= 4 is 11.9 Å². The Morgan fingerprint density at radius 2 is 2.11 bits per heavy atom. The van der Waals surface area contributed by atoms with E-state index in [2.05, 4.69) is 5.32 Å². The fourth-order valence-corrected chi connectivity index (χ4v) is 2.16. The van der Waals surface area contributed by atoms with Crippen molar-refractivity contribution in [3.8, 4) is 0 Å². The number of rotatable bonds is 4. The number of furan rings is 1. The van der Waals surface area contributed by atoms with Crippen molar-refractivity contribution in [2.24, 2.45) is 5.41 Å². The van der Waals surface area contributed by atoms with E-state index >= 15 is 0 Å². The summed E-state index contributed by atoms with van der Waals surface area (Å²) in [6.07, 6.45) is 2.24. The van der Waals surface area contributed by atoms with Gasteiger partial charge in [0, 0.05) is 25.3 Å². The van der Waals surface area contributed by atoms with Gasteiger partial charge in [-0.3, -0.25) is 9.59 Å². The summed E-state index contributed by atoms with van der Waals surface area (Å²) in [4.78, 5) is 23.3. The summed E-state index contributed by atoms with van der Waals surface area (Å²) in [5.41, 5.74) is -0.206. The Balaban J connectivity index is 2.02. The lowest BCUT2D eigenvalue weighted by molar-refractivity contribution is -0.154. The first-order valence-electron chi connectivity index (χ1n) is 6.19. The summed E-state index contributed by atoms with van der Waals surface area (Å²) in [6.45, 7) is 2.66. The molecule has 1 aromatic rings. The molecule has 0 aromatic carbocycles. The van der Waals surface area contributed by atoms with Gasteiger partial charge < -0.3 is 19.6 Å². The molecule has 2 heterocycles. The zero-order chi connectivity index (χ0) is 13.9. The standard InChI is InChI=1S/C13H17NO5/c1-9-2-5-19-10(9)11(15)14-8-13(12(16)17)3-6-18-7-4-13/h2,5H,3-4,6-8H2,1H3,(H,14,15)(H,16,17). The smallest absolute Gasteiger partial charge is 0.311 e. The summed E-state index contributed by atoms with van der Waals surface area (Å²) in [5, 5.41) is 12.0. The lowest BCUT2D eigenvalue weighted by Crippen LogP contribution is -2.46. The van der Waals surface area contributed by atoms with Crippen molar-refractivity contribution in [3.63, 3.8) is 0 Å². The maximum atomic E-state index is 11.9. The van der Waals surface area contributed by atoms with E-state index in [0.717, 1.165) is 5.56 Å². The number of hydrogen-bond acceptors (Lipinski definition) is 4. The molecule has 0 spiro atoms. The normalized spacial score (nSPS) is 17.9. The molecule has 2 rings (SSSR count). The van der Waals surface area contributed by atoms with Gasteiger partial charge in [-0.05, 0) is 25.8 Å². The molecule has 0 radical (unpaired) electrons. The first-order valence-corrected chi connectivity index (χ1v) is 6.19. The van der Waals surface area contributed by atoms with Crippen LogP contribution < -0.4 is 5.32 Å². The molecule has 0 atom stereocenters. The van der Waals surface area contributed by atoms with Gasteiger partial charge in [0.25, 0.3) is 5.91 Å². The highest BCUT2D eigenvalue weighted by Gasteiger charge is 2.40. The van der Waals surface area contributed by atoms with E-state index in [1.165, 1.54) is 6.26 Å². The minimum Gasteiger partial charge on any atom is -0.481 e. The molecule has 1 saturated heterocycles.